The Morgan fingerprint density at radius 3 is 2.15 bits per heavy atom. The van der Waals surface area contributed by atoms with Gasteiger partial charge in [0.15, 0.2) is 0 Å². The monoisotopic (exact) mass is 649 g/mol. The van der Waals surface area contributed by atoms with Crippen molar-refractivity contribution in [2.45, 2.75) is 72.8 Å². The van der Waals surface area contributed by atoms with Gasteiger partial charge in [0.1, 0.15) is 11.6 Å². The topological polar surface area (TPSA) is 138 Å². The first-order chi connectivity index (χ1) is 22.5. The molecule has 1 saturated heterocycles. The van der Waals surface area contributed by atoms with Gasteiger partial charge >= 0.3 is 6.03 Å². The summed E-state index contributed by atoms with van der Waals surface area (Å²) < 4.78 is 1.69. The van der Waals surface area contributed by atoms with Gasteiger partial charge in [0.25, 0.3) is 0 Å². The van der Waals surface area contributed by atoms with Crippen molar-refractivity contribution in [1.82, 2.24) is 25.0 Å². The van der Waals surface area contributed by atoms with Gasteiger partial charge in [0.2, 0.25) is 17.7 Å². The van der Waals surface area contributed by atoms with Crippen molar-refractivity contribution < 1.29 is 19.2 Å². The Bertz CT molecular complexity index is 1910. The molecule has 2 fully saturated rings. The van der Waals surface area contributed by atoms with Gasteiger partial charge in [-0.2, -0.15) is 5.10 Å². The molecule has 11 heteroatoms. The molecule has 2 unspecified atom stereocenters. The molecule has 11 nitrogen and oxygen atoms in total. The summed E-state index contributed by atoms with van der Waals surface area (Å²) in [5.74, 6) is 0.313. The first-order valence-electron chi connectivity index (χ1n) is 16.2. The Morgan fingerprint density at radius 1 is 0.854 bits per heavy atom. The number of rotatable bonds is 6. The molecule has 250 valence electrons. The second kappa shape index (κ2) is 11.6. The van der Waals surface area contributed by atoms with Crippen molar-refractivity contribution in [3.63, 3.8) is 0 Å². The first kappa shape index (κ1) is 32.9. The molecule has 3 N–H and O–H groups in total. The molecular weight excluding hydrogens is 606 g/mol. The third kappa shape index (κ3) is 6.05. The van der Waals surface area contributed by atoms with Crippen LogP contribution in [0.3, 0.4) is 0 Å². The molecule has 1 saturated carbocycles. The quantitative estimate of drug-likeness (QED) is 0.213. The Kier molecular flexibility index (Phi) is 7.92. The highest BCUT2D eigenvalue weighted by atomic mass is 16.2. The molecule has 0 radical (unpaired) electrons. The van der Waals surface area contributed by atoms with Gasteiger partial charge in [-0.3, -0.25) is 29.9 Å². The summed E-state index contributed by atoms with van der Waals surface area (Å²) in [6.45, 7) is 12.0. The molecule has 6 rings (SSSR count). The number of pyridine rings is 1. The number of fused-ring (bicyclic) bond motifs is 3. The van der Waals surface area contributed by atoms with Gasteiger partial charge in [-0.25, -0.2) is 14.5 Å². The number of anilines is 2. The van der Waals surface area contributed by atoms with Crippen molar-refractivity contribution in [3.05, 3.63) is 78.0 Å². The number of hydrogen-bond acceptors (Lipinski definition) is 6. The molecule has 2 aromatic carbocycles. The lowest BCUT2D eigenvalue weighted by atomic mass is 9.51. The summed E-state index contributed by atoms with van der Waals surface area (Å²) in [5.41, 5.74) is 0.507. The predicted molar refractivity (Wildman–Crippen MR) is 184 cm³/mol. The van der Waals surface area contributed by atoms with Crippen LogP contribution in [0, 0.1) is 16.2 Å². The lowest BCUT2D eigenvalue weighted by Gasteiger charge is -2.55. The number of carbonyl (C=O) groups excluding carboxylic acids is 4. The smallest absolute Gasteiger partial charge is 0.326 e. The van der Waals surface area contributed by atoms with Crippen LogP contribution >= 0.6 is 0 Å². The lowest BCUT2D eigenvalue weighted by Crippen LogP contribution is -2.63. The van der Waals surface area contributed by atoms with Crippen molar-refractivity contribution in [3.8, 4) is 5.69 Å². The van der Waals surface area contributed by atoms with Gasteiger partial charge in [0, 0.05) is 46.7 Å². The zero-order valence-electron chi connectivity index (χ0n) is 28.6. The largest absolute Gasteiger partial charge is 0.352 e. The summed E-state index contributed by atoms with van der Waals surface area (Å²) in [6, 6.07) is 20.3. The maximum atomic E-state index is 13.6. The van der Waals surface area contributed by atoms with Crippen LogP contribution in [0.15, 0.2) is 66.7 Å². The van der Waals surface area contributed by atoms with E-state index in [1.54, 1.807) is 10.7 Å². The van der Waals surface area contributed by atoms with E-state index in [1.807, 2.05) is 81.4 Å². The average molecular weight is 650 g/mol. The Balaban J connectivity index is 1.16. The van der Waals surface area contributed by atoms with E-state index in [9.17, 15) is 19.2 Å². The van der Waals surface area contributed by atoms with Crippen molar-refractivity contribution in [1.29, 1.82) is 0 Å². The number of imide groups is 1. The summed E-state index contributed by atoms with van der Waals surface area (Å²) in [6.07, 6.45) is 1.22. The molecule has 1 aliphatic carbocycles. The number of piperidine rings is 1. The van der Waals surface area contributed by atoms with Crippen molar-refractivity contribution >= 4 is 46.3 Å². The summed E-state index contributed by atoms with van der Waals surface area (Å²) >= 11 is 0. The van der Waals surface area contributed by atoms with E-state index in [0.29, 0.717) is 30.9 Å². The number of amides is 5. The number of benzene rings is 2. The van der Waals surface area contributed by atoms with Crippen LogP contribution in [0.25, 0.3) is 16.6 Å². The second-order valence-corrected chi connectivity index (χ2v) is 15.3. The standard InChI is InChI=1S/C37H43N7O4/c1-34(2,3)27-18-29(41-33(48)40-28-17-14-24-10-8-9-11-26(24)39-28)44(42-27)25-15-12-23(13-16-25)19-38-30(45)35(4)20-36(5)22-37(6,21-35)32(47)43(7)31(36)46/h8-18H,19-22H2,1-7H3,(H,38,45)(H2,39,40,41,48). The van der Waals surface area contributed by atoms with Crippen LogP contribution < -0.4 is 16.0 Å². The molecule has 3 heterocycles. The van der Waals surface area contributed by atoms with Crippen molar-refractivity contribution in [2.24, 2.45) is 16.2 Å². The summed E-state index contributed by atoms with van der Waals surface area (Å²) in [5, 5.41) is 14.6. The van der Waals surface area contributed by atoms with E-state index in [2.05, 4.69) is 41.7 Å². The SMILES string of the molecule is CN1C(=O)C2(C)CC(C)(C(=O)NCc3ccc(-n4nc(C(C)(C)C)cc4NC(=O)Nc4ccc5ccccc5n4)cc3)CC(C)(C2)C1=O. The number of likely N-dealkylation sites (tertiary alicyclic amines) is 1. The molecule has 2 atom stereocenters. The van der Waals surface area contributed by atoms with Gasteiger partial charge in [-0.1, -0.05) is 71.9 Å². The number of nitrogens with one attached hydrogen (secondary N) is 3. The molecule has 4 aromatic rings. The van der Waals surface area contributed by atoms with Gasteiger partial charge in [-0.15, -0.1) is 0 Å². The van der Waals surface area contributed by atoms with Crippen LogP contribution in [0.4, 0.5) is 16.4 Å². The lowest BCUT2D eigenvalue weighted by molar-refractivity contribution is -0.178. The maximum Gasteiger partial charge on any atom is 0.326 e. The number of nitrogens with zero attached hydrogens (tertiary/aromatic N) is 4. The number of urea groups is 1. The predicted octanol–water partition coefficient (Wildman–Crippen LogP) is 6.18. The summed E-state index contributed by atoms with van der Waals surface area (Å²) in [7, 11) is 1.54. The minimum atomic E-state index is -0.865. The fraction of sp³-hybridized carbons (Fsp3) is 0.405. The molecular formula is C37H43N7O4. The highest BCUT2D eigenvalue weighted by Gasteiger charge is 2.62. The summed E-state index contributed by atoms with van der Waals surface area (Å²) in [4.78, 5) is 58.6. The zero-order valence-corrected chi connectivity index (χ0v) is 28.6. The Hall–Kier alpha value is -5.06. The minimum absolute atomic E-state index is 0.172. The van der Waals surface area contributed by atoms with Crippen LogP contribution in [-0.4, -0.2) is 50.5 Å². The number of carbonyl (C=O) groups is 4. The molecule has 48 heavy (non-hydrogen) atoms. The number of aromatic nitrogens is 3. The van der Waals surface area contributed by atoms with E-state index >= 15 is 0 Å². The highest BCUT2D eigenvalue weighted by Crippen LogP contribution is 2.58. The normalized spacial score (nSPS) is 24.0. The van der Waals surface area contributed by atoms with Crippen LogP contribution in [0.5, 0.6) is 0 Å². The Labute approximate surface area is 280 Å². The van der Waals surface area contributed by atoms with Crippen LogP contribution in [0.1, 0.15) is 72.1 Å². The first-order valence-corrected chi connectivity index (χ1v) is 16.2. The second-order valence-electron chi connectivity index (χ2n) is 15.3. The minimum Gasteiger partial charge on any atom is -0.352 e. The number of para-hydroxylation sites is 1. The van der Waals surface area contributed by atoms with E-state index < -0.39 is 22.3 Å². The number of hydrogen-bond donors (Lipinski definition) is 3. The fourth-order valence-corrected chi connectivity index (χ4v) is 7.72. The van der Waals surface area contributed by atoms with Gasteiger partial charge in [0.05, 0.1) is 16.9 Å². The average Bonchev–Trinajstić information content (AvgIpc) is 3.46. The molecule has 5 amide bonds. The van der Waals surface area contributed by atoms with E-state index in [0.717, 1.165) is 27.8 Å². The molecule has 0 spiro atoms. The van der Waals surface area contributed by atoms with Gasteiger partial charge in [-0.05, 0) is 55.2 Å². The molecule has 2 aromatic heterocycles. The van der Waals surface area contributed by atoms with E-state index in [-0.39, 0.29) is 29.7 Å². The van der Waals surface area contributed by atoms with E-state index in [1.165, 1.54) is 11.9 Å². The third-order valence-electron chi connectivity index (χ3n) is 9.72. The van der Waals surface area contributed by atoms with Gasteiger partial charge < -0.3 is 5.32 Å². The van der Waals surface area contributed by atoms with Crippen molar-refractivity contribution in [2.75, 3.05) is 17.7 Å². The third-order valence-corrected chi connectivity index (χ3v) is 9.72. The molecule has 1 aliphatic heterocycles. The molecule has 2 bridgehead atoms. The Morgan fingerprint density at radius 2 is 1.50 bits per heavy atom. The van der Waals surface area contributed by atoms with Crippen LogP contribution in [-0.2, 0) is 26.3 Å². The van der Waals surface area contributed by atoms with Crippen LogP contribution in [0.2, 0.25) is 0 Å². The zero-order chi connectivity index (χ0) is 34.6. The highest BCUT2D eigenvalue weighted by molar-refractivity contribution is 6.04. The maximum absolute atomic E-state index is 13.6. The molecule has 2 aliphatic rings. The van der Waals surface area contributed by atoms with E-state index in [4.69, 9.17) is 5.10 Å². The fourth-order valence-electron chi connectivity index (χ4n) is 7.72.